The van der Waals surface area contributed by atoms with E-state index >= 15 is 0 Å². The van der Waals surface area contributed by atoms with E-state index in [9.17, 15) is 0 Å². The molecule has 1 aliphatic carbocycles. The molecule has 1 aliphatic rings. The second-order valence-electron chi connectivity index (χ2n) is 5.25. The lowest BCUT2D eigenvalue weighted by Crippen LogP contribution is -2.14. The average Bonchev–Trinajstić information content (AvgIpc) is 2.59. The van der Waals surface area contributed by atoms with Crippen LogP contribution in [0.3, 0.4) is 0 Å². The van der Waals surface area contributed by atoms with Crippen LogP contribution in [-0.4, -0.2) is 0 Å². The highest BCUT2D eigenvalue weighted by Crippen LogP contribution is 2.48. The minimum absolute atomic E-state index is 0.110. The standard InChI is InChI=1S/C16H17N/c1-16(2)14-6-4-3-5-12(14)13-9-11(10-17)7-8-15(13)16/h3-9H,10,17H2,1-2H3. The highest BCUT2D eigenvalue weighted by molar-refractivity contribution is 5.80. The average molecular weight is 223 g/mol. The number of benzene rings is 2. The molecule has 2 aromatic rings. The van der Waals surface area contributed by atoms with Crippen molar-refractivity contribution in [3.63, 3.8) is 0 Å². The van der Waals surface area contributed by atoms with Crippen molar-refractivity contribution < 1.29 is 0 Å². The molecule has 0 saturated heterocycles. The lowest BCUT2D eigenvalue weighted by molar-refractivity contribution is 0.660. The van der Waals surface area contributed by atoms with Crippen molar-refractivity contribution in [1.82, 2.24) is 0 Å². The molecule has 86 valence electrons. The zero-order chi connectivity index (χ0) is 12.0. The Labute approximate surface area is 102 Å². The first kappa shape index (κ1) is 10.5. The maximum Gasteiger partial charge on any atom is 0.0178 e. The number of rotatable bonds is 1. The van der Waals surface area contributed by atoms with Crippen LogP contribution in [-0.2, 0) is 12.0 Å². The predicted molar refractivity (Wildman–Crippen MR) is 71.9 cm³/mol. The van der Waals surface area contributed by atoms with Gasteiger partial charge in [-0.15, -0.1) is 0 Å². The summed E-state index contributed by atoms with van der Waals surface area (Å²) in [6.45, 7) is 5.19. The second kappa shape index (κ2) is 3.44. The first-order chi connectivity index (χ1) is 8.14. The summed E-state index contributed by atoms with van der Waals surface area (Å²) in [5, 5.41) is 0. The van der Waals surface area contributed by atoms with Gasteiger partial charge in [-0.3, -0.25) is 0 Å². The Bertz CT molecular complexity index is 582. The van der Waals surface area contributed by atoms with Gasteiger partial charge in [0.1, 0.15) is 0 Å². The van der Waals surface area contributed by atoms with E-state index in [1.165, 1.54) is 27.8 Å². The van der Waals surface area contributed by atoms with Gasteiger partial charge >= 0.3 is 0 Å². The smallest absolute Gasteiger partial charge is 0.0178 e. The molecule has 0 aliphatic heterocycles. The maximum atomic E-state index is 5.73. The molecule has 0 atom stereocenters. The van der Waals surface area contributed by atoms with Crippen molar-refractivity contribution in [1.29, 1.82) is 0 Å². The van der Waals surface area contributed by atoms with Gasteiger partial charge in [0.2, 0.25) is 0 Å². The van der Waals surface area contributed by atoms with Gasteiger partial charge < -0.3 is 5.73 Å². The van der Waals surface area contributed by atoms with Gasteiger partial charge in [-0.25, -0.2) is 0 Å². The van der Waals surface area contributed by atoms with Gasteiger partial charge in [0.05, 0.1) is 0 Å². The van der Waals surface area contributed by atoms with Crippen LogP contribution < -0.4 is 5.73 Å². The molecule has 17 heavy (non-hydrogen) atoms. The second-order valence-corrected chi connectivity index (χ2v) is 5.25. The maximum absolute atomic E-state index is 5.73. The summed E-state index contributed by atoms with van der Waals surface area (Å²) in [5.74, 6) is 0. The zero-order valence-corrected chi connectivity index (χ0v) is 10.3. The topological polar surface area (TPSA) is 26.0 Å². The van der Waals surface area contributed by atoms with Gasteiger partial charge in [-0.05, 0) is 33.9 Å². The van der Waals surface area contributed by atoms with Gasteiger partial charge in [0.15, 0.2) is 0 Å². The fourth-order valence-corrected chi connectivity index (χ4v) is 2.89. The van der Waals surface area contributed by atoms with Crippen LogP contribution >= 0.6 is 0 Å². The Kier molecular flexibility index (Phi) is 2.14. The third-order valence-corrected chi connectivity index (χ3v) is 3.88. The number of fused-ring (bicyclic) bond motifs is 3. The Morgan fingerprint density at radius 3 is 2.41 bits per heavy atom. The molecule has 2 N–H and O–H groups in total. The monoisotopic (exact) mass is 223 g/mol. The van der Waals surface area contributed by atoms with Crippen molar-refractivity contribution in [3.05, 3.63) is 59.2 Å². The quantitative estimate of drug-likeness (QED) is 0.787. The van der Waals surface area contributed by atoms with Crippen LogP contribution in [0.2, 0.25) is 0 Å². The fourth-order valence-electron chi connectivity index (χ4n) is 2.89. The molecule has 3 rings (SSSR count). The van der Waals surface area contributed by atoms with Gasteiger partial charge in [-0.2, -0.15) is 0 Å². The molecule has 2 aromatic carbocycles. The summed E-state index contributed by atoms with van der Waals surface area (Å²) in [6.07, 6.45) is 0. The lowest BCUT2D eigenvalue weighted by atomic mass is 9.82. The molecule has 1 heteroatoms. The molecule has 0 amide bonds. The van der Waals surface area contributed by atoms with Crippen LogP contribution in [0.1, 0.15) is 30.5 Å². The fraction of sp³-hybridized carbons (Fsp3) is 0.250. The lowest BCUT2D eigenvalue weighted by Gasteiger charge is -2.21. The molecule has 0 spiro atoms. The molecule has 0 fully saturated rings. The van der Waals surface area contributed by atoms with Crippen molar-refractivity contribution in [2.75, 3.05) is 0 Å². The molecule has 0 radical (unpaired) electrons. The van der Waals surface area contributed by atoms with Crippen LogP contribution in [0, 0.1) is 0 Å². The summed E-state index contributed by atoms with van der Waals surface area (Å²) in [6, 6.07) is 15.3. The Morgan fingerprint density at radius 1 is 0.941 bits per heavy atom. The first-order valence-electron chi connectivity index (χ1n) is 6.08. The minimum Gasteiger partial charge on any atom is -0.326 e. The third kappa shape index (κ3) is 1.36. The van der Waals surface area contributed by atoms with Crippen LogP contribution in [0.4, 0.5) is 0 Å². The molecular formula is C16H17N. The molecule has 0 heterocycles. The Hall–Kier alpha value is -1.60. The van der Waals surface area contributed by atoms with Crippen LogP contribution in [0.25, 0.3) is 11.1 Å². The van der Waals surface area contributed by atoms with E-state index in [4.69, 9.17) is 5.73 Å². The largest absolute Gasteiger partial charge is 0.326 e. The third-order valence-electron chi connectivity index (χ3n) is 3.88. The Balaban J connectivity index is 2.33. The summed E-state index contributed by atoms with van der Waals surface area (Å²) >= 11 is 0. The van der Waals surface area contributed by atoms with Crippen molar-refractivity contribution in [3.8, 4) is 11.1 Å². The first-order valence-corrected chi connectivity index (χ1v) is 6.08. The molecule has 1 nitrogen and oxygen atoms in total. The van der Waals surface area contributed by atoms with E-state index in [0.29, 0.717) is 6.54 Å². The van der Waals surface area contributed by atoms with E-state index in [-0.39, 0.29) is 5.41 Å². The van der Waals surface area contributed by atoms with Crippen molar-refractivity contribution in [2.45, 2.75) is 25.8 Å². The molecule has 0 saturated carbocycles. The highest BCUT2D eigenvalue weighted by atomic mass is 14.5. The predicted octanol–water partition coefficient (Wildman–Crippen LogP) is 3.45. The van der Waals surface area contributed by atoms with Gasteiger partial charge in [-0.1, -0.05) is 50.2 Å². The summed E-state index contributed by atoms with van der Waals surface area (Å²) < 4.78 is 0. The van der Waals surface area contributed by atoms with Crippen LogP contribution in [0.5, 0.6) is 0 Å². The molecule has 0 aromatic heterocycles. The normalized spacial score (nSPS) is 15.5. The van der Waals surface area contributed by atoms with E-state index in [0.717, 1.165) is 0 Å². The molecular weight excluding hydrogens is 206 g/mol. The Morgan fingerprint density at radius 2 is 1.65 bits per heavy atom. The zero-order valence-electron chi connectivity index (χ0n) is 10.3. The van der Waals surface area contributed by atoms with Gasteiger partial charge in [0.25, 0.3) is 0 Å². The summed E-state index contributed by atoms with van der Waals surface area (Å²) in [4.78, 5) is 0. The molecule has 0 unspecified atom stereocenters. The number of hydrogen-bond donors (Lipinski definition) is 1. The van der Waals surface area contributed by atoms with Gasteiger partial charge in [0, 0.05) is 12.0 Å². The van der Waals surface area contributed by atoms with E-state index in [2.05, 4.69) is 56.3 Å². The highest BCUT2D eigenvalue weighted by Gasteiger charge is 2.34. The SMILES string of the molecule is CC1(C)c2ccccc2-c2cc(CN)ccc21. The van der Waals surface area contributed by atoms with E-state index in [1.807, 2.05) is 0 Å². The van der Waals surface area contributed by atoms with Crippen molar-refractivity contribution in [2.24, 2.45) is 5.73 Å². The van der Waals surface area contributed by atoms with E-state index < -0.39 is 0 Å². The minimum atomic E-state index is 0.110. The number of nitrogens with two attached hydrogens (primary N) is 1. The van der Waals surface area contributed by atoms with E-state index in [1.54, 1.807) is 0 Å². The number of hydrogen-bond acceptors (Lipinski definition) is 1. The van der Waals surface area contributed by atoms with Crippen LogP contribution in [0.15, 0.2) is 42.5 Å². The van der Waals surface area contributed by atoms with Crippen molar-refractivity contribution >= 4 is 0 Å². The summed E-state index contributed by atoms with van der Waals surface area (Å²) in [5.41, 5.74) is 12.6. The molecule has 0 bridgehead atoms. The summed E-state index contributed by atoms with van der Waals surface area (Å²) in [7, 11) is 0.